The maximum Gasteiger partial charge on any atom is 0.115 e. The summed E-state index contributed by atoms with van der Waals surface area (Å²) in [4.78, 5) is 0. The van der Waals surface area contributed by atoms with Gasteiger partial charge in [0.05, 0.1) is 0 Å². The van der Waals surface area contributed by atoms with E-state index in [0.29, 0.717) is 11.8 Å². The van der Waals surface area contributed by atoms with Crippen LogP contribution in [0.5, 0.6) is 5.75 Å². The Kier molecular flexibility index (Phi) is 2.47. The molecule has 0 aromatic heterocycles. The van der Waals surface area contributed by atoms with Crippen molar-refractivity contribution in [3.63, 3.8) is 0 Å². The second-order valence-electron chi connectivity index (χ2n) is 5.46. The molecule has 0 spiro atoms. The Bertz CT molecular complexity index is 365. The number of hydrogen-bond donors (Lipinski definition) is 2. The molecule has 1 aromatic rings. The fourth-order valence-electron chi connectivity index (χ4n) is 2.11. The number of rotatable bonds is 0. The van der Waals surface area contributed by atoms with Crippen LogP contribution in [-0.4, -0.2) is 11.1 Å². The van der Waals surface area contributed by atoms with Crippen LogP contribution in [0.4, 0.5) is 0 Å². The van der Waals surface area contributed by atoms with Crippen LogP contribution in [0.3, 0.4) is 0 Å². The highest BCUT2D eigenvalue weighted by Gasteiger charge is 2.28. The number of hydrogen-bond acceptors (Lipinski definition) is 2. The number of nitrogens with one attached hydrogen (secondary N) is 1. The van der Waals surface area contributed by atoms with E-state index in [1.165, 1.54) is 11.1 Å². The van der Waals surface area contributed by atoms with Crippen molar-refractivity contribution in [1.29, 1.82) is 0 Å². The third-order valence-electron chi connectivity index (χ3n) is 3.20. The normalized spacial score (nSPS) is 21.1. The van der Waals surface area contributed by atoms with Crippen molar-refractivity contribution in [3.8, 4) is 5.75 Å². The first-order valence-corrected chi connectivity index (χ1v) is 5.51. The lowest BCUT2D eigenvalue weighted by Crippen LogP contribution is -2.44. The fourth-order valence-corrected chi connectivity index (χ4v) is 2.11. The molecular weight excluding hydrogens is 186 g/mol. The molecule has 0 aliphatic carbocycles. The molecule has 2 N–H and O–H groups in total. The summed E-state index contributed by atoms with van der Waals surface area (Å²) in [6, 6.07) is 6.21. The molecule has 0 saturated carbocycles. The lowest BCUT2D eigenvalue weighted by molar-refractivity contribution is 0.254. The van der Waals surface area contributed by atoms with Gasteiger partial charge in [-0.1, -0.05) is 26.8 Å². The maximum absolute atomic E-state index is 9.39. The van der Waals surface area contributed by atoms with E-state index in [4.69, 9.17) is 0 Å². The van der Waals surface area contributed by atoms with E-state index in [1.807, 2.05) is 12.1 Å². The number of phenols is 1. The Morgan fingerprint density at radius 3 is 2.67 bits per heavy atom. The summed E-state index contributed by atoms with van der Waals surface area (Å²) >= 11 is 0. The zero-order chi connectivity index (χ0) is 11.1. The van der Waals surface area contributed by atoms with E-state index in [2.05, 4.69) is 26.1 Å². The fraction of sp³-hybridized carbons (Fsp3) is 0.538. The first-order chi connectivity index (χ1) is 6.97. The molecule has 0 saturated heterocycles. The molecule has 2 nitrogen and oxygen atoms in total. The monoisotopic (exact) mass is 205 g/mol. The van der Waals surface area contributed by atoms with Crippen molar-refractivity contribution in [2.24, 2.45) is 5.41 Å². The largest absolute Gasteiger partial charge is 0.508 e. The smallest absolute Gasteiger partial charge is 0.115 e. The second-order valence-corrected chi connectivity index (χ2v) is 5.46. The van der Waals surface area contributed by atoms with Crippen LogP contribution >= 0.6 is 0 Å². The van der Waals surface area contributed by atoms with E-state index < -0.39 is 0 Å². The topological polar surface area (TPSA) is 32.3 Å². The van der Waals surface area contributed by atoms with E-state index in [-0.39, 0.29) is 5.41 Å². The Balaban J connectivity index is 2.24. The van der Waals surface area contributed by atoms with Crippen molar-refractivity contribution in [1.82, 2.24) is 5.32 Å². The molecule has 0 radical (unpaired) electrons. The van der Waals surface area contributed by atoms with Crippen LogP contribution in [0.15, 0.2) is 18.2 Å². The molecule has 15 heavy (non-hydrogen) atoms. The summed E-state index contributed by atoms with van der Waals surface area (Å²) in [5, 5.41) is 12.9. The van der Waals surface area contributed by atoms with Gasteiger partial charge in [0.15, 0.2) is 0 Å². The van der Waals surface area contributed by atoms with Crippen LogP contribution < -0.4 is 5.32 Å². The molecule has 1 aromatic carbocycles. The Hall–Kier alpha value is -1.02. The summed E-state index contributed by atoms with van der Waals surface area (Å²) in [5.74, 6) is 0.366. The summed E-state index contributed by atoms with van der Waals surface area (Å²) in [5.41, 5.74) is 2.89. The Morgan fingerprint density at radius 1 is 1.27 bits per heavy atom. The lowest BCUT2D eigenvalue weighted by atomic mass is 9.80. The molecule has 2 heteroatoms. The van der Waals surface area contributed by atoms with Crippen molar-refractivity contribution in [2.45, 2.75) is 39.8 Å². The third kappa shape index (κ3) is 2.15. The van der Waals surface area contributed by atoms with Crippen LogP contribution in [0, 0.1) is 5.41 Å². The zero-order valence-corrected chi connectivity index (χ0v) is 9.67. The number of phenolic OH excluding ortho intramolecular Hbond substituents is 1. The minimum Gasteiger partial charge on any atom is -0.508 e. The van der Waals surface area contributed by atoms with E-state index in [9.17, 15) is 5.11 Å². The van der Waals surface area contributed by atoms with Gasteiger partial charge in [0, 0.05) is 12.6 Å². The minimum atomic E-state index is 0.287. The predicted octanol–water partition coefficient (Wildman–Crippen LogP) is 2.45. The van der Waals surface area contributed by atoms with E-state index in [0.717, 1.165) is 13.0 Å². The molecule has 2 rings (SSSR count). The summed E-state index contributed by atoms with van der Waals surface area (Å²) < 4.78 is 0. The van der Waals surface area contributed by atoms with Crippen LogP contribution in [0.1, 0.15) is 31.9 Å². The Morgan fingerprint density at radius 2 is 2.00 bits per heavy atom. The molecule has 0 amide bonds. The molecule has 0 bridgehead atoms. The molecule has 1 heterocycles. The van der Waals surface area contributed by atoms with Gasteiger partial charge in [-0.25, -0.2) is 0 Å². The van der Waals surface area contributed by atoms with Gasteiger partial charge in [-0.05, 0) is 35.1 Å². The Labute approximate surface area is 91.3 Å². The molecule has 1 aliphatic rings. The van der Waals surface area contributed by atoms with Crippen LogP contribution in [0.2, 0.25) is 0 Å². The molecular formula is C13H19NO. The minimum absolute atomic E-state index is 0.287. The predicted molar refractivity (Wildman–Crippen MR) is 61.9 cm³/mol. The quantitative estimate of drug-likeness (QED) is 0.682. The highest BCUT2D eigenvalue weighted by atomic mass is 16.3. The summed E-state index contributed by atoms with van der Waals surface area (Å²) in [7, 11) is 0. The van der Waals surface area contributed by atoms with Crippen molar-refractivity contribution >= 4 is 0 Å². The summed E-state index contributed by atoms with van der Waals surface area (Å²) in [6.07, 6.45) is 1.05. The molecule has 1 aliphatic heterocycles. The number of benzene rings is 1. The van der Waals surface area contributed by atoms with Gasteiger partial charge in [0.25, 0.3) is 0 Å². The standard InChI is InChI=1S/C13H19NO/c1-13(2,3)12-7-9-4-5-11(15)6-10(9)8-14-12/h4-6,12,14-15H,7-8H2,1-3H3/t12-/m1/s1. The molecule has 0 fully saturated rings. The maximum atomic E-state index is 9.39. The van der Waals surface area contributed by atoms with Gasteiger partial charge >= 0.3 is 0 Å². The van der Waals surface area contributed by atoms with Crippen molar-refractivity contribution in [2.75, 3.05) is 0 Å². The SMILES string of the molecule is CC(C)(C)[C@H]1Cc2ccc(O)cc2CN1. The number of fused-ring (bicyclic) bond motifs is 1. The van der Waals surface area contributed by atoms with Gasteiger partial charge in [-0.2, -0.15) is 0 Å². The zero-order valence-electron chi connectivity index (χ0n) is 9.67. The van der Waals surface area contributed by atoms with Gasteiger partial charge in [-0.3, -0.25) is 0 Å². The molecule has 1 atom stereocenters. The molecule has 82 valence electrons. The van der Waals surface area contributed by atoms with Crippen LogP contribution in [-0.2, 0) is 13.0 Å². The third-order valence-corrected chi connectivity index (χ3v) is 3.20. The van der Waals surface area contributed by atoms with Gasteiger partial charge in [-0.15, -0.1) is 0 Å². The number of aromatic hydroxyl groups is 1. The molecule has 0 unspecified atom stereocenters. The highest BCUT2D eigenvalue weighted by molar-refractivity contribution is 5.37. The average Bonchev–Trinajstić information content (AvgIpc) is 2.15. The second kappa shape index (κ2) is 3.53. The summed E-state index contributed by atoms with van der Waals surface area (Å²) in [6.45, 7) is 7.65. The van der Waals surface area contributed by atoms with Crippen molar-refractivity contribution < 1.29 is 5.11 Å². The van der Waals surface area contributed by atoms with Gasteiger partial charge < -0.3 is 10.4 Å². The first-order valence-electron chi connectivity index (χ1n) is 5.51. The average molecular weight is 205 g/mol. The lowest BCUT2D eigenvalue weighted by Gasteiger charge is -2.36. The van der Waals surface area contributed by atoms with E-state index in [1.54, 1.807) is 6.07 Å². The van der Waals surface area contributed by atoms with E-state index >= 15 is 0 Å². The van der Waals surface area contributed by atoms with Gasteiger partial charge in [0.1, 0.15) is 5.75 Å². The first kappa shape index (κ1) is 10.5. The van der Waals surface area contributed by atoms with Crippen LogP contribution in [0.25, 0.3) is 0 Å². The van der Waals surface area contributed by atoms with Gasteiger partial charge in [0.2, 0.25) is 0 Å². The highest BCUT2D eigenvalue weighted by Crippen LogP contribution is 2.29. The van der Waals surface area contributed by atoms with Crippen molar-refractivity contribution in [3.05, 3.63) is 29.3 Å².